The van der Waals surface area contributed by atoms with Crippen molar-refractivity contribution in [3.8, 4) is 0 Å². The number of hydrogen-bond acceptors (Lipinski definition) is 3. The fourth-order valence-corrected chi connectivity index (χ4v) is 5.46. The Labute approximate surface area is 138 Å². The van der Waals surface area contributed by atoms with Gasteiger partial charge >= 0.3 is 7.12 Å². The van der Waals surface area contributed by atoms with Crippen molar-refractivity contribution in [1.29, 1.82) is 0 Å². The van der Waals surface area contributed by atoms with Crippen LogP contribution in [0.25, 0.3) is 0 Å². The first-order valence-electron chi connectivity index (χ1n) is 8.30. The van der Waals surface area contributed by atoms with Crippen molar-refractivity contribution in [2.75, 3.05) is 5.75 Å². The van der Waals surface area contributed by atoms with E-state index in [-0.39, 0.29) is 18.3 Å². The first-order valence-corrected chi connectivity index (χ1v) is 9.28. The summed E-state index contributed by atoms with van der Waals surface area (Å²) in [5.74, 6) is 1.23. The molecule has 0 unspecified atom stereocenters. The summed E-state index contributed by atoms with van der Waals surface area (Å²) in [5.41, 5.74) is 0.155. The predicted octanol–water partition coefficient (Wildman–Crippen LogP) is 4.80. The van der Waals surface area contributed by atoms with Gasteiger partial charge in [-0.25, -0.2) is 0 Å². The van der Waals surface area contributed by atoms with Gasteiger partial charge in [-0.3, -0.25) is 0 Å². The molecule has 1 saturated heterocycles. The second-order valence-corrected chi connectivity index (χ2v) is 9.63. The van der Waals surface area contributed by atoms with Crippen molar-refractivity contribution < 1.29 is 9.31 Å². The summed E-state index contributed by atoms with van der Waals surface area (Å²) < 4.78 is 12.6. The van der Waals surface area contributed by atoms with Gasteiger partial charge < -0.3 is 9.31 Å². The number of thioether (sulfide) groups is 1. The first kappa shape index (κ1) is 15.1. The van der Waals surface area contributed by atoms with Crippen molar-refractivity contribution in [1.82, 2.24) is 0 Å². The molecular formula is C18H25BO2S. The van der Waals surface area contributed by atoms with Crippen molar-refractivity contribution in [2.45, 2.75) is 68.4 Å². The Hall–Kier alpha value is -0.445. The fraction of sp³-hybridized carbons (Fsp3) is 0.667. The zero-order chi connectivity index (χ0) is 15.6. The van der Waals surface area contributed by atoms with E-state index < -0.39 is 0 Å². The molecule has 2 nitrogen and oxygen atoms in total. The summed E-state index contributed by atoms with van der Waals surface area (Å²) in [6, 6.07) is 10.7. The smallest absolute Gasteiger partial charge is 0.403 e. The van der Waals surface area contributed by atoms with Crippen LogP contribution in [0.15, 0.2) is 35.2 Å². The van der Waals surface area contributed by atoms with E-state index in [0.29, 0.717) is 10.7 Å². The monoisotopic (exact) mass is 316 g/mol. The van der Waals surface area contributed by atoms with Crippen LogP contribution in [0.1, 0.15) is 47.0 Å². The molecule has 4 heteroatoms. The Bertz CT molecular complexity index is 548. The summed E-state index contributed by atoms with van der Waals surface area (Å²) in [6.07, 6.45) is 3.82. The molecule has 22 heavy (non-hydrogen) atoms. The molecular weight excluding hydrogens is 291 g/mol. The first-order chi connectivity index (χ1) is 10.3. The van der Waals surface area contributed by atoms with E-state index in [1.807, 2.05) is 11.8 Å². The van der Waals surface area contributed by atoms with Crippen LogP contribution in [0.4, 0.5) is 0 Å². The SMILES string of the molecule is CC1(C)OB(C23CC(CSc4ccccc4)(C2)C3)OC1(C)C. The highest BCUT2D eigenvalue weighted by Crippen LogP contribution is 2.81. The number of hydrogen-bond donors (Lipinski definition) is 0. The van der Waals surface area contributed by atoms with Gasteiger partial charge in [-0.1, -0.05) is 18.2 Å². The van der Waals surface area contributed by atoms with E-state index in [0.717, 1.165) is 0 Å². The molecule has 4 fully saturated rings. The molecule has 3 aliphatic carbocycles. The van der Waals surface area contributed by atoms with Gasteiger partial charge in [0.05, 0.1) is 11.2 Å². The summed E-state index contributed by atoms with van der Waals surface area (Å²) in [7, 11) is 0.00102. The Balaban J connectivity index is 1.35. The third-order valence-corrected chi connectivity index (χ3v) is 7.58. The number of rotatable bonds is 4. The third-order valence-electron chi connectivity index (χ3n) is 6.22. The van der Waals surface area contributed by atoms with Crippen LogP contribution >= 0.6 is 11.8 Å². The van der Waals surface area contributed by atoms with E-state index in [1.54, 1.807) is 0 Å². The molecule has 4 aliphatic rings. The second-order valence-electron chi connectivity index (χ2n) is 8.58. The van der Waals surface area contributed by atoms with Gasteiger partial charge in [-0.2, -0.15) is 0 Å². The maximum Gasteiger partial charge on any atom is 0.464 e. The van der Waals surface area contributed by atoms with Gasteiger partial charge in [0.15, 0.2) is 0 Å². The minimum absolute atomic E-state index is 0.00102. The van der Waals surface area contributed by atoms with Crippen LogP contribution < -0.4 is 0 Å². The molecule has 0 N–H and O–H groups in total. The van der Waals surface area contributed by atoms with Crippen LogP contribution in [0, 0.1) is 5.41 Å². The highest BCUT2D eigenvalue weighted by molar-refractivity contribution is 7.99. The topological polar surface area (TPSA) is 18.5 Å². The standard InChI is InChI=1S/C18H25BO2S/c1-15(2)16(3,4)21-19(20-15)18-10-17(11-18,12-18)13-22-14-8-6-5-7-9-14/h5-9H,10-13H2,1-4H3. The number of benzene rings is 1. The quantitative estimate of drug-likeness (QED) is 0.587. The van der Waals surface area contributed by atoms with Crippen LogP contribution in [-0.2, 0) is 9.31 Å². The minimum Gasteiger partial charge on any atom is -0.403 e. The van der Waals surface area contributed by atoms with E-state index >= 15 is 0 Å². The molecule has 0 aromatic heterocycles. The maximum absolute atomic E-state index is 6.29. The van der Waals surface area contributed by atoms with E-state index in [4.69, 9.17) is 9.31 Å². The van der Waals surface area contributed by atoms with Crippen LogP contribution in [0.2, 0.25) is 5.31 Å². The molecule has 118 valence electrons. The lowest BCUT2D eigenvalue weighted by Crippen LogP contribution is -2.65. The average molecular weight is 316 g/mol. The minimum atomic E-state index is -0.195. The lowest BCUT2D eigenvalue weighted by molar-refractivity contribution is -0.0893. The van der Waals surface area contributed by atoms with Gasteiger partial charge in [0.25, 0.3) is 0 Å². The molecule has 5 rings (SSSR count). The molecule has 0 atom stereocenters. The van der Waals surface area contributed by atoms with Crippen molar-refractivity contribution in [3.63, 3.8) is 0 Å². The van der Waals surface area contributed by atoms with Gasteiger partial charge in [0.2, 0.25) is 0 Å². The van der Waals surface area contributed by atoms with Crippen molar-refractivity contribution >= 4 is 18.9 Å². The fourth-order valence-electron chi connectivity index (χ4n) is 4.33. The molecule has 0 spiro atoms. The highest BCUT2D eigenvalue weighted by Gasteiger charge is 2.76. The molecule has 0 amide bonds. The van der Waals surface area contributed by atoms with E-state index in [1.165, 1.54) is 29.9 Å². The molecule has 2 bridgehead atoms. The molecule has 1 heterocycles. The second kappa shape index (κ2) is 4.55. The third kappa shape index (κ3) is 2.10. The van der Waals surface area contributed by atoms with Gasteiger partial charge in [-0.05, 0) is 64.5 Å². The summed E-state index contributed by atoms with van der Waals surface area (Å²) in [5, 5.41) is 0.308. The predicted molar refractivity (Wildman–Crippen MR) is 92.2 cm³/mol. The zero-order valence-corrected chi connectivity index (χ0v) is 14.8. The van der Waals surface area contributed by atoms with E-state index in [9.17, 15) is 0 Å². The lowest BCUT2D eigenvalue weighted by atomic mass is 9.24. The van der Waals surface area contributed by atoms with Gasteiger partial charge in [0.1, 0.15) is 0 Å². The molecule has 1 aromatic rings. The molecule has 0 radical (unpaired) electrons. The molecule has 1 aromatic carbocycles. The summed E-state index contributed by atoms with van der Waals surface area (Å²) >= 11 is 2.00. The molecule has 1 aliphatic heterocycles. The van der Waals surface area contributed by atoms with Crippen molar-refractivity contribution in [2.24, 2.45) is 5.41 Å². The van der Waals surface area contributed by atoms with Crippen LogP contribution in [-0.4, -0.2) is 24.1 Å². The highest BCUT2D eigenvalue weighted by atomic mass is 32.2. The Morgan fingerprint density at radius 1 is 0.955 bits per heavy atom. The van der Waals surface area contributed by atoms with Gasteiger partial charge in [-0.15, -0.1) is 11.8 Å². The normalized spacial score (nSPS) is 37.5. The average Bonchev–Trinajstić information content (AvgIpc) is 2.56. The zero-order valence-electron chi connectivity index (χ0n) is 14.0. The Morgan fingerprint density at radius 2 is 1.50 bits per heavy atom. The Morgan fingerprint density at radius 3 is 2.05 bits per heavy atom. The summed E-state index contributed by atoms with van der Waals surface area (Å²) in [4.78, 5) is 1.39. The largest absolute Gasteiger partial charge is 0.464 e. The van der Waals surface area contributed by atoms with Gasteiger partial charge in [0, 0.05) is 16.0 Å². The lowest BCUT2D eigenvalue weighted by Gasteiger charge is -2.71. The molecule has 3 saturated carbocycles. The maximum atomic E-state index is 6.29. The van der Waals surface area contributed by atoms with Crippen LogP contribution in [0.5, 0.6) is 0 Å². The van der Waals surface area contributed by atoms with E-state index in [2.05, 4.69) is 58.0 Å². The Kier molecular flexibility index (Phi) is 3.13. The van der Waals surface area contributed by atoms with Crippen molar-refractivity contribution in [3.05, 3.63) is 30.3 Å². The van der Waals surface area contributed by atoms with Crippen LogP contribution in [0.3, 0.4) is 0 Å². The summed E-state index contributed by atoms with van der Waals surface area (Å²) in [6.45, 7) is 8.61.